The number of nitrogens with zero attached hydrogens (tertiary/aromatic N) is 4. The zero-order chi connectivity index (χ0) is 25.0. The van der Waals surface area contributed by atoms with E-state index in [2.05, 4.69) is 15.3 Å². The van der Waals surface area contributed by atoms with Crippen molar-refractivity contribution in [3.63, 3.8) is 0 Å². The van der Waals surface area contributed by atoms with E-state index in [1.54, 1.807) is 16.8 Å². The Kier molecular flexibility index (Phi) is 7.60. The second-order valence-corrected chi connectivity index (χ2v) is 10.5. The number of hydrogen-bond donors (Lipinski definition) is 1. The van der Waals surface area contributed by atoms with E-state index in [-0.39, 0.29) is 23.6 Å². The lowest BCUT2D eigenvalue weighted by atomic mass is 10.1. The number of carbonyl (C=O) groups excluding carboxylic acids is 1. The van der Waals surface area contributed by atoms with Crippen molar-refractivity contribution in [3.05, 3.63) is 52.4 Å². The van der Waals surface area contributed by atoms with Crippen molar-refractivity contribution in [2.75, 3.05) is 26.2 Å². The Labute approximate surface area is 206 Å². The summed E-state index contributed by atoms with van der Waals surface area (Å²) in [7, 11) is 0. The van der Waals surface area contributed by atoms with Gasteiger partial charge < -0.3 is 15.0 Å². The van der Waals surface area contributed by atoms with Gasteiger partial charge in [-0.1, -0.05) is 30.2 Å². The van der Waals surface area contributed by atoms with Crippen molar-refractivity contribution in [3.8, 4) is 17.1 Å². The molecule has 4 rings (SSSR count). The van der Waals surface area contributed by atoms with Crippen LogP contribution in [-0.4, -0.2) is 56.8 Å². The second kappa shape index (κ2) is 10.6. The molecule has 3 heterocycles. The van der Waals surface area contributed by atoms with Crippen molar-refractivity contribution in [2.45, 2.75) is 65.5 Å². The van der Waals surface area contributed by atoms with E-state index in [0.717, 1.165) is 24.1 Å². The predicted octanol–water partition coefficient (Wildman–Crippen LogP) is 3.64. The number of nitrogens with one attached hydrogen (secondary N) is 1. The summed E-state index contributed by atoms with van der Waals surface area (Å²) in [6.07, 6.45) is 6.59. The molecule has 2 aromatic heterocycles. The third-order valence-electron chi connectivity index (χ3n) is 6.16. The smallest absolute Gasteiger partial charge is 0.277 e. The zero-order valence-corrected chi connectivity index (χ0v) is 21.3. The van der Waals surface area contributed by atoms with Crippen LogP contribution >= 0.6 is 0 Å². The highest BCUT2D eigenvalue weighted by Gasteiger charge is 2.19. The Balaban J connectivity index is 1.59. The summed E-state index contributed by atoms with van der Waals surface area (Å²) in [4.78, 5) is 28.8. The minimum absolute atomic E-state index is 0.0763. The van der Waals surface area contributed by atoms with Gasteiger partial charge >= 0.3 is 0 Å². The van der Waals surface area contributed by atoms with Gasteiger partial charge in [-0.2, -0.15) is 0 Å². The van der Waals surface area contributed by atoms with Gasteiger partial charge in [0, 0.05) is 23.7 Å². The fourth-order valence-corrected chi connectivity index (χ4v) is 4.57. The lowest BCUT2D eigenvalue weighted by Crippen LogP contribution is -2.43. The first-order valence-corrected chi connectivity index (χ1v) is 12.6. The Hall–Kier alpha value is -3.13. The summed E-state index contributed by atoms with van der Waals surface area (Å²) in [5.74, 6) is 0.208. The summed E-state index contributed by atoms with van der Waals surface area (Å²) in [6.45, 7) is 11.6. The molecule has 188 valence electrons. The fraction of sp³-hybridized carbons (Fsp3) is 0.519. The molecule has 35 heavy (non-hydrogen) atoms. The monoisotopic (exact) mass is 479 g/mol. The van der Waals surface area contributed by atoms with Crippen LogP contribution in [0.25, 0.3) is 16.8 Å². The van der Waals surface area contributed by atoms with E-state index in [0.29, 0.717) is 23.7 Å². The normalized spacial score (nSPS) is 14.9. The quantitative estimate of drug-likeness (QED) is 0.499. The Bertz CT molecular complexity index is 1230. The number of amides is 1. The second-order valence-electron chi connectivity index (χ2n) is 10.5. The molecule has 0 atom stereocenters. The number of benzene rings is 1. The van der Waals surface area contributed by atoms with Gasteiger partial charge in [-0.3, -0.25) is 14.2 Å². The summed E-state index contributed by atoms with van der Waals surface area (Å²) >= 11 is 0. The molecular weight excluding hydrogens is 442 g/mol. The maximum absolute atomic E-state index is 13.5. The van der Waals surface area contributed by atoms with Crippen LogP contribution in [0.3, 0.4) is 0 Å². The predicted molar refractivity (Wildman–Crippen MR) is 138 cm³/mol. The molecule has 0 bridgehead atoms. The molecular formula is C27H37N5O3. The Morgan fingerprint density at radius 3 is 2.63 bits per heavy atom. The number of likely N-dealkylation sites (tertiary alicyclic amines) is 1. The fourth-order valence-electron chi connectivity index (χ4n) is 4.57. The molecule has 1 amide bonds. The van der Waals surface area contributed by atoms with Crippen LogP contribution in [0, 0.1) is 6.92 Å². The minimum atomic E-state index is -0.389. The van der Waals surface area contributed by atoms with Gasteiger partial charge in [0.1, 0.15) is 12.1 Å². The summed E-state index contributed by atoms with van der Waals surface area (Å²) in [5, 5.41) is 7.46. The van der Waals surface area contributed by atoms with E-state index in [1.165, 1.54) is 36.9 Å². The molecule has 0 unspecified atom stereocenters. The minimum Gasteiger partial charge on any atom is -0.477 e. The van der Waals surface area contributed by atoms with E-state index in [9.17, 15) is 9.59 Å². The molecule has 8 heteroatoms. The van der Waals surface area contributed by atoms with Crippen molar-refractivity contribution in [1.82, 2.24) is 24.4 Å². The van der Waals surface area contributed by atoms with E-state index in [1.807, 2.05) is 52.0 Å². The zero-order valence-electron chi connectivity index (χ0n) is 21.3. The van der Waals surface area contributed by atoms with Gasteiger partial charge in [-0.05, 0) is 66.1 Å². The highest BCUT2D eigenvalue weighted by atomic mass is 16.5. The molecule has 1 N–H and O–H groups in total. The first kappa shape index (κ1) is 25.0. The number of piperidine rings is 1. The number of rotatable bonds is 8. The largest absolute Gasteiger partial charge is 0.477 e. The van der Waals surface area contributed by atoms with Crippen molar-refractivity contribution in [2.24, 2.45) is 0 Å². The maximum Gasteiger partial charge on any atom is 0.277 e. The van der Waals surface area contributed by atoms with Gasteiger partial charge in [-0.25, -0.2) is 4.52 Å². The Morgan fingerprint density at radius 1 is 1.14 bits per heavy atom. The first-order chi connectivity index (χ1) is 16.7. The molecule has 8 nitrogen and oxygen atoms in total. The number of aromatic nitrogens is 3. The molecule has 1 fully saturated rings. The van der Waals surface area contributed by atoms with E-state index >= 15 is 0 Å². The number of carbonyl (C=O) groups is 1. The van der Waals surface area contributed by atoms with E-state index in [4.69, 9.17) is 4.74 Å². The molecule has 0 aliphatic carbocycles. The summed E-state index contributed by atoms with van der Waals surface area (Å²) in [5.41, 5.74) is 2.28. The molecule has 3 aromatic rings. The third kappa shape index (κ3) is 6.51. The van der Waals surface area contributed by atoms with Crippen LogP contribution in [0.5, 0.6) is 5.88 Å². The molecule has 0 radical (unpaired) electrons. The standard InChI is InChI=1S/C27H37N5O3/c1-20-10-8-11-21(16-20)23-18-32-22(26(34)31(23)19-24(33)28-27(2,3)4)17-25(29-32)35-15-9-14-30-12-6-5-7-13-30/h8,10-11,16-18H,5-7,9,12-15,19H2,1-4H3,(H,28,33). The molecule has 1 saturated heterocycles. The number of hydrogen-bond acceptors (Lipinski definition) is 5. The van der Waals surface area contributed by atoms with Gasteiger partial charge in [-0.15, -0.1) is 5.10 Å². The molecule has 0 spiro atoms. The van der Waals surface area contributed by atoms with Crippen LogP contribution in [0.2, 0.25) is 0 Å². The van der Waals surface area contributed by atoms with Crippen LogP contribution in [-0.2, 0) is 11.3 Å². The highest BCUT2D eigenvalue weighted by Crippen LogP contribution is 2.21. The van der Waals surface area contributed by atoms with Crippen LogP contribution in [0.15, 0.2) is 41.3 Å². The van der Waals surface area contributed by atoms with Crippen molar-refractivity contribution >= 4 is 11.4 Å². The van der Waals surface area contributed by atoms with Gasteiger partial charge in [0.2, 0.25) is 11.8 Å². The molecule has 1 aliphatic rings. The molecule has 1 aliphatic heterocycles. The maximum atomic E-state index is 13.5. The molecule has 0 saturated carbocycles. The molecule has 1 aromatic carbocycles. The summed E-state index contributed by atoms with van der Waals surface area (Å²) < 4.78 is 8.99. The van der Waals surface area contributed by atoms with Crippen molar-refractivity contribution in [1.29, 1.82) is 0 Å². The van der Waals surface area contributed by atoms with Crippen LogP contribution in [0.4, 0.5) is 0 Å². The van der Waals surface area contributed by atoms with Crippen LogP contribution < -0.4 is 15.6 Å². The van der Waals surface area contributed by atoms with Gasteiger partial charge in [0.25, 0.3) is 5.56 Å². The average Bonchev–Trinajstić information content (AvgIpc) is 3.21. The van der Waals surface area contributed by atoms with Gasteiger partial charge in [0.05, 0.1) is 18.5 Å². The van der Waals surface area contributed by atoms with Crippen molar-refractivity contribution < 1.29 is 9.53 Å². The van der Waals surface area contributed by atoms with Gasteiger partial charge in [0.15, 0.2) is 0 Å². The average molecular weight is 480 g/mol. The SMILES string of the molecule is Cc1cccc(-c2cn3nc(OCCCN4CCCCC4)cc3c(=O)n2CC(=O)NC(C)(C)C)c1. The first-order valence-electron chi connectivity index (χ1n) is 12.6. The Morgan fingerprint density at radius 2 is 1.91 bits per heavy atom. The van der Waals surface area contributed by atoms with Crippen LogP contribution in [0.1, 0.15) is 52.0 Å². The lowest BCUT2D eigenvalue weighted by Gasteiger charge is -2.26. The number of fused-ring (bicyclic) bond motifs is 1. The highest BCUT2D eigenvalue weighted by molar-refractivity contribution is 5.77. The third-order valence-corrected chi connectivity index (χ3v) is 6.16. The number of aryl methyl sites for hydroxylation is 1. The topological polar surface area (TPSA) is 80.9 Å². The van der Waals surface area contributed by atoms with E-state index < -0.39 is 0 Å². The summed E-state index contributed by atoms with van der Waals surface area (Å²) in [6, 6.07) is 9.55. The number of ether oxygens (including phenoxy) is 1. The lowest BCUT2D eigenvalue weighted by molar-refractivity contribution is -0.123.